The summed E-state index contributed by atoms with van der Waals surface area (Å²) in [6, 6.07) is 8.45. The molecule has 0 bridgehead atoms. The summed E-state index contributed by atoms with van der Waals surface area (Å²) in [6.07, 6.45) is 11.3. The predicted molar refractivity (Wildman–Crippen MR) is 93.9 cm³/mol. The molecule has 2 aliphatic rings. The summed E-state index contributed by atoms with van der Waals surface area (Å²) >= 11 is 0. The predicted octanol–water partition coefficient (Wildman–Crippen LogP) is 3.84. The number of pyridine rings is 1. The Balaban J connectivity index is 1.33. The van der Waals surface area contributed by atoms with Gasteiger partial charge in [-0.25, -0.2) is 0 Å². The van der Waals surface area contributed by atoms with Gasteiger partial charge in [-0.1, -0.05) is 18.6 Å². The average molecular weight is 324 g/mol. The molecule has 0 spiro atoms. The molecule has 2 saturated carbocycles. The Labute approximate surface area is 142 Å². The lowest BCUT2D eigenvalue weighted by Gasteiger charge is -2.32. The zero-order valence-corrected chi connectivity index (χ0v) is 13.9. The molecule has 1 aromatic carbocycles. The molecule has 1 heterocycles. The fraction of sp³-hybridized carbons (Fsp3) is 0.500. The number of rotatable bonds is 4. The molecule has 24 heavy (non-hydrogen) atoms. The Bertz CT molecular complexity index is 713. The van der Waals surface area contributed by atoms with E-state index < -0.39 is 0 Å². The van der Waals surface area contributed by atoms with Crippen LogP contribution < -0.4 is 10.1 Å². The van der Waals surface area contributed by atoms with E-state index in [9.17, 15) is 4.79 Å². The molecule has 0 aliphatic heterocycles. The molecule has 1 aromatic heterocycles. The molecular formula is C20H24N2O2. The van der Waals surface area contributed by atoms with Gasteiger partial charge < -0.3 is 10.1 Å². The highest BCUT2D eigenvalue weighted by molar-refractivity contribution is 5.87. The van der Waals surface area contributed by atoms with Crippen molar-refractivity contribution in [1.29, 1.82) is 0 Å². The van der Waals surface area contributed by atoms with Gasteiger partial charge in [0.25, 0.3) is 0 Å². The first-order valence-electron chi connectivity index (χ1n) is 9.09. The molecule has 0 radical (unpaired) electrons. The van der Waals surface area contributed by atoms with Crippen LogP contribution in [0.1, 0.15) is 44.9 Å². The van der Waals surface area contributed by atoms with Crippen LogP contribution in [0.5, 0.6) is 5.75 Å². The summed E-state index contributed by atoms with van der Waals surface area (Å²) in [5, 5.41) is 5.46. The number of benzene rings is 1. The summed E-state index contributed by atoms with van der Waals surface area (Å²) in [4.78, 5) is 16.2. The number of aromatic nitrogens is 1. The smallest absolute Gasteiger partial charge is 0.223 e. The Hall–Kier alpha value is -2.10. The van der Waals surface area contributed by atoms with Crippen molar-refractivity contribution in [3.63, 3.8) is 0 Å². The number of ether oxygens (including phenoxy) is 1. The molecule has 0 atom stereocenters. The lowest BCUT2D eigenvalue weighted by molar-refractivity contribution is -0.128. The van der Waals surface area contributed by atoms with Gasteiger partial charge in [0.15, 0.2) is 0 Å². The fourth-order valence-electron chi connectivity index (χ4n) is 3.69. The number of nitrogens with zero attached hydrogens (tertiary/aromatic N) is 1. The van der Waals surface area contributed by atoms with Gasteiger partial charge in [0.2, 0.25) is 5.91 Å². The molecule has 2 aromatic rings. The summed E-state index contributed by atoms with van der Waals surface area (Å²) in [5.41, 5.74) is 0. The van der Waals surface area contributed by atoms with Crippen molar-refractivity contribution >= 4 is 16.7 Å². The molecule has 2 aliphatic carbocycles. The first-order valence-corrected chi connectivity index (χ1v) is 9.09. The van der Waals surface area contributed by atoms with E-state index in [0.29, 0.717) is 6.04 Å². The second-order valence-electron chi connectivity index (χ2n) is 7.08. The van der Waals surface area contributed by atoms with Crippen LogP contribution in [0.3, 0.4) is 0 Å². The third-order valence-corrected chi connectivity index (χ3v) is 5.43. The van der Waals surface area contributed by atoms with Gasteiger partial charge in [-0.05, 0) is 50.7 Å². The standard InChI is InChI=1S/C20H24N2O2/c23-20(14-3-1-4-14)22-16-7-9-17(10-8-16)24-19-6-2-5-15-13-21-12-11-18(15)19/h2,5-6,11-14,16-17H,1,3-4,7-10H2,(H,22,23). The molecule has 4 rings (SSSR count). The van der Waals surface area contributed by atoms with Crippen molar-refractivity contribution in [3.05, 3.63) is 36.7 Å². The van der Waals surface area contributed by atoms with Gasteiger partial charge >= 0.3 is 0 Å². The first-order chi connectivity index (χ1) is 11.8. The van der Waals surface area contributed by atoms with E-state index in [1.54, 1.807) is 0 Å². The maximum atomic E-state index is 12.1. The third-order valence-electron chi connectivity index (χ3n) is 5.43. The van der Waals surface area contributed by atoms with E-state index in [1.807, 2.05) is 30.6 Å². The minimum atomic E-state index is 0.237. The molecule has 1 N–H and O–H groups in total. The number of nitrogens with one attached hydrogen (secondary N) is 1. The van der Waals surface area contributed by atoms with E-state index in [2.05, 4.69) is 16.4 Å². The highest BCUT2D eigenvalue weighted by atomic mass is 16.5. The molecule has 126 valence electrons. The van der Waals surface area contributed by atoms with Crippen molar-refractivity contribution in [2.45, 2.75) is 57.1 Å². The molecule has 1 amide bonds. The van der Waals surface area contributed by atoms with Gasteiger partial charge in [0.1, 0.15) is 5.75 Å². The minimum absolute atomic E-state index is 0.237. The zero-order valence-electron chi connectivity index (χ0n) is 13.9. The fourth-order valence-corrected chi connectivity index (χ4v) is 3.69. The topological polar surface area (TPSA) is 51.2 Å². The minimum Gasteiger partial charge on any atom is -0.490 e. The third kappa shape index (κ3) is 3.23. The van der Waals surface area contributed by atoms with Crippen LogP contribution in [0, 0.1) is 5.92 Å². The monoisotopic (exact) mass is 324 g/mol. The lowest BCUT2D eigenvalue weighted by atomic mass is 9.84. The molecular weight excluding hydrogens is 300 g/mol. The highest BCUT2D eigenvalue weighted by Crippen LogP contribution is 2.30. The molecule has 4 heteroatoms. The molecule has 4 nitrogen and oxygen atoms in total. The first kappa shape index (κ1) is 15.4. The van der Waals surface area contributed by atoms with E-state index in [-0.39, 0.29) is 17.9 Å². The number of hydrogen-bond acceptors (Lipinski definition) is 3. The van der Waals surface area contributed by atoms with Crippen molar-refractivity contribution < 1.29 is 9.53 Å². The highest BCUT2D eigenvalue weighted by Gasteiger charge is 2.29. The van der Waals surface area contributed by atoms with Gasteiger partial charge in [0, 0.05) is 35.1 Å². The van der Waals surface area contributed by atoms with Gasteiger partial charge in [-0.3, -0.25) is 9.78 Å². The summed E-state index contributed by atoms with van der Waals surface area (Å²) < 4.78 is 6.26. The Morgan fingerprint density at radius 1 is 1.08 bits per heavy atom. The van der Waals surface area contributed by atoms with Crippen molar-refractivity contribution in [3.8, 4) is 5.75 Å². The number of carbonyl (C=O) groups excluding carboxylic acids is 1. The SMILES string of the molecule is O=C(NC1CCC(Oc2cccc3cnccc23)CC1)C1CCC1. The number of hydrogen-bond donors (Lipinski definition) is 1. The van der Waals surface area contributed by atoms with Gasteiger partial charge in [-0.15, -0.1) is 0 Å². The van der Waals surface area contributed by atoms with Crippen LogP contribution in [0.2, 0.25) is 0 Å². The van der Waals surface area contributed by atoms with Crippen LogP contribution in [0.4, 0.5) is 0 Å². The van der Waals surface area contributed by atoms with E-state index in [0.717, 1.165) is 55.0 Å². The van der Waals surface area contributed by atoms with Gasteiger partial charge in [-0.2, -0.15) is 0 Å². The Morgan fingerprint density at radius 3 is 2.67 bits per heavy atom. The van der Waals surface area contributed by atoms with Crippen LogP contribution in [0.15, 0.2) is 36.7 Å². The number of amides is 1. The normalized spacial score (nSPS) is 24.3. The number of fused-ring (bicyclic) bond motifs is 1. The van der Waals surface area contributed by atoms with Gasteiger partial charge in [0.05, 0.1) is 6.10 Å². The Kier molecular flexibility index (Phi) is 4.37. The second-order valence-corrected chi connectivity index (χ2v) is 7.08. The number of carbonyl (C=O) groups is 1. The summed E-state index contributed by atoms with van der Waals surface area (Å²) in [6.45, 7) is 0. The summed E-state index contributed by atoms with van der Waals surface area (Å²) in [7, 11) is 0. The van der Waals surface area contributed by atoms with Crippen LogP contribution in [0.25, 0.3) is 10.8 Å². The average Bonchev–Trinajstić information content (AvgIpc) is 2.55. The van der Waals surface area contributed by atoms with E-state index in [4.69, 9.17) is 4.74 Å². The molecule has 2 fully saturated rings. The summed E-state index contributed by atoms with van der Waals surface area (Å²) in [5.74, 6) is 1.49. The van der Waals surface area contributed by atoms with Crippen molar-refractivity contribution in [2.75, 3.05) is 0 Å². The van der Waals surface area contributed by atoms with E-state index in [1.165, 1.54) is 6.42 Å². The van der Waals surface area contributed by atoms with Crippen LogP contribution in [-0.4, -0.2) is 23.0 Å². The molecule has 0 saturated heterocycles. The quantitative estimate of drug-likeness (QED) is 0.929. The van der Waals surface area contributed by atoms with Crippen molar-refractivity contribution in [2.24, 2.45) is 5.92 Å². The maximum absolute atomic E-state index is 12.1. The van der Waals surface area contributed by atoms with Crippen LogP contribution in [-0.2, 0) is 4.79 Å². The maximum Gasteiger partial charge on any atom is 0.223 e. The zero-order chi connectivity index (χ0) is 16.4. The van der Waals surface area contributed by atoms with Crippen molar-refractivity contribution in [1.82, 2.24) is 10.3 Å². The molecule has 0 unspecified atom stereocenters. The largest absolute Gasteiger partial charge is 0.490 e. The van der Waals surface area contributed by atoms with E-state index >= 15 is 0 Å². The second kappa shape index (κ2) is 6.80. The Morgan fingerprint density at radius 2 is 1.92 bits per heavy atom. The van der Waals surface area contributed by atoms with Crippen LogP contribution >= 0.6 is 0 Å². The lowest BCUT2D eigenvalue weighted by Crippen LogP contribution is -2.43.